The molecule has 0 spiro atoms. The third-order valence-corrected chi connectivity index (χ3v) is 6.34. The molecule has 1 atom stereocenters. The van der Waals surface area contributed by atoms with Crippen LogP contribution in [0.2, 0.25) is 0 Å². The minimum absolute atomic E-state index is 0.272. The number of aryl methyl sites for hydroxylation is 1. The first-order valence-electron chi connectivity index (χ1n) is 9.96. The van der Waals surface area contributed by atoms with Gasteiger partial charge in [0.15, 0.2) is 5.96 Å². The average molecular weight is 378 g/mol. The standard InChI is InChI=1S/C19H31N5OS/c1-3-16-11-21-17(26-16)12-22-19(20-4-2)23-15-9-10-24(13-15)18(25)14-7-5-6-8-14/h11,14-15H,3-10,12-13H2,1-2H3,(H2,20,22,23). The van der Waals surface area contributed by atoms with Crippen LogP contribution in [-0.4, -0.2) is 47.4 Å². The fourth-order valence-electron chi connectivity index (χ4n) is 3.75. The predicted octanol–water partition coefficient (Wildman–Crippen LogP) is 2.55. The zero-order valence-corrected chi connectivity index (χ0v) is 16.8. The highest BCUT2D eigenvalue weighted by atomic mass is 32.1. The van der Waals surface area contributed by atoms with E-state index in [4.69, 9.17) is 0 Å². The summed E-state index contributed by atoms with van der Waals surface area (Å²) in [6.45, 7) is 7.28. The summed E-state index contributed by atoms with van der Waals surface area (Å²) >= 11 is 1.73. The van der Waals surface area contributed by atoms with Crippen molar-refractivity contribution in [2.24, 2.45) is 10.9 Å². The van der Waals surface area contributed by atoms with Crippen molar-refractivity contribution in [3.8, 4) is 0 Å². The Morgan fingerprint density at radius 2 is 2.15 bits per heavy atom. The third-order valence-electron chi connectivity index (χ3n) is 5.21. The van der Waals surface area contributed by atoms with Gasteiger partial charge in [0.2, 0.25) is 5.91 Å². The second-order valence-electron chi connectivity index (χ2n) is 7.16. The first-order chi connectivity index (χ1) is 12.7. The van der Waals surface area contributed by atoms with Gasteiger partial charge in [-0.05, 0) is 32.6 Å². The molecule has 1 saturated carbocycles. The van der Waals surface area contributed by atoms with Crippen molar-refractivity contribution in [1.29, 1.82) is 0 Å². The van der Waals surface area contributed by atoms with E-state index in [2.05, 4.69) is 34.5 Å². The molecule has 1 aromatic heterocycles. The van der Waals surface area contributed by atoms with Gasteiger partial charge in [-0.1, -0.05) is 19.8 Å². The molecule has 0 aromatic carbocycles. The molecule has 1 unspecified atom stereocenters. The summed E-state index contributed by atoms with van der Waals surface area (Å²) in [5.74, 6) is 1.46. The SMILES string of the molecule is CCNC(=NCc1ncc(CC)s1)NC1CCN(C(=O)C2CCCC2)C1. The summed E-state index contributed by atoms with van der Waals surface area (Å²) in [5.41, 5.74) is 0. The van der Waals surface area contributed by atoms with E-state index in [9.17, 15) is 4.79 Å². The number of likely N-dealkylation sites (tertiary alicyclic amines) is 1. The topological polar surface area (TPSA) is 69.6 Å². The van der Waals surface area contributed by atoms with Crippen LogP contribution in [0.25, 0.3) is 0 Å². The Bertz CT molecular complexity index is 623. The van der Waals surface area contributed by atoms with Crippen molar-refractivity contribution in [3.63, 3.8) is 0 Å². The van der Waals surface area contributed by atoms with Gasteiger partial charge in [-0.2, -0.15) is 0 Å². The van der Waals surface area contributed by atoms with E-state index in [-0.39, 0.29) is 12.0 Å². The number of aliphatic imine (C=N–C) groups is 1. The molecule has 0 radical (unpaired) electrons. The largest absolute Gasteiger partial charge is 0.357 e. The normalized spacial score (nSPS) is 21.4. The summed E-state index contributed by atoms with van der Waals surface area (Å²) in [6, 6.07) is 0.278. The van der Waals surface area contributed by atoms with Crippen LogP contribution in [0.1, 0.15) is 55.8 Å². The Balaban J connectivity index is 1.52. The molecule has 1 aliphatic heterocycles. The summed E-state index contributed by atoms with van der Waals surface area (Å²) in [4.78, 5) is 25.0. The summed E-state index contributed by atoms with van der Waals surface area (Å²) in [6.07, 6.45) is 8.52. The molecule has 6 nitrogen and oxygen atoms in total. The Morgan fingerprint density at radius 3 is 2.85 bits per heavy atom. The number of aromatic nitrogens is 1. The number of thiazole rings is 1. The molecule has 1 aromatic rings. The number of hydrogen-bond donors (Lipinski definition) is 2. The van der Waals surface area contributed by atoms with Crippen LogP contribution in [0.5, 0.6) is 0 Å². The zero-order chi connectivity index (χ0) is 18.4. The number of nitrogens with one attached hydrogen (secondary N) is 2. The van der Waals surface area contributed by atoms with Gasteiger partial charge in [0.1, 0.15) is 5.01 Å². The second-order valence-corrected chi connectivity index (χ2v) is 8.36. The van der Waals surface area contributed by atoms with E-state index in [1.54, 1.807) is 11.3 Å². The van der Waals surface area contributed by atoms with Gasteiger partial charge < -0.3 is 15.5 Å². The Labute approximate surface area is 160 Å². The third kappa shape index (κ3) is 4.96. The molecule has 1 amide bonds. The van der Waals surface area contributed by atoms with Crippen molar-refractivity contribution in [2.75, 3.05) is 19.6 Å². The zero-order valence-electron chi connectivity index (χ0n) is 16.0. The highest BCUT2D eigenvalue weighted by Crippen LogP contribution is 2.27. The molecule has 7 heteroatoms. The van der Waals surface area contributed by atoms with Crippen LogP contribution in [-0.2, 0) is 17.8 Å². The molecule has 0 bridgehead atoms. The molecule has 2 N–H and O–H groups in total. The maximum absolute atomic E-state index is 12.6. The van der Waals surface area contributed by atoms with E-state index < -0.39 is 0 Å². The molecule has 26 heavy (non-hydrogen) atoms. The maximum atomic E-state index is 12.6. The minimum atomic E-state index is 0.272. The van der Waals surface area contributed by atoms with Crippen molar-refractivity contribution >= 4 is 23.2 Å². The summed E-state index contributed by atoms with van der Waals surface area (Å²) in [7, 11) is 0. The minimum Gasteiger partial charge on any atom is -0.357 e. The first-order valence-corrected chi connectivity index (χ1v) is 10.8. The van der Waals surface area contributed by atoms with Crippen LogP contribution in [0.15, 0.2) is 11.2 Å². The van der Waals surface area contributed by atoms with Gasteiger partial charge >= 0.3 is 0 Å². The Hall–Kier alpha value is -1.63. The number of rotatable bonds is 6. The van der Waals surface area contributed by atoms with Gasteiger partial charge in [0.05, 0.1) is 6.54 Å². The number of guanidine groups is 1. The van der Waals surface area contributed by atoms with Crippen LogP contribution in [0, 0.1) is 5.92 Å². The Kier molecular flexibility index (Phi) is 6.88. The van der Waals surface area contributed by atoms with Crippen LogP contribution in [0.3, 0.4) is 0 Å². The molecule has 3 rings (SSSR count). The molecular weight excluding hydrogens is 346 g/mol. The summed E-state index contributed by atoms with van der Waals surface area (Å²) in [5, 5.41) is 7.86. The Morgan fingerprint density at radius 1 is 1.35 bits per heavy atom. The quantitative estimate of drug-likeness (QED) is 0.590. The number of carbonyl (C=O) groups is 1. The predicted molar refractivity (Wildman–Crippen MR) is 106 cm³/mol. The van der Waals surface area contributed by atoms with E-state index in [0.29, 0.717) is 12.5 Å². The van der Waals surface area contributed by atoms with Gasteiger partial charge in [-0.25, -0.2) is 9.98 Å². The monoisotopic (exact) mass is 377 g/mol. The highest BCUT2D eigenvalue weighted by Gasteiger charge is 2.32. The van der Waals surface area contributed by atoms with Gasteiger partial charge in [0.25, 0.3) is 0 Å². The number of hydrogen-bond acceptors (Lipinski definition) is 4. The van der Waals surface area contributed by atoms with E-state index in [1.165, 1.54) is 17.7 Å². The van der Waals surface area contributed by atoms with Crippen LogP contribution < -0.4 is 10.6 Å². The lowest BCUT2D eigenvalue weighted by Gasteiger charge is -2.21. The maximum Gasteiger partial charge on any atom is 0.225 e. The molecule has 1 saturated heterocycles. The fraction of sp³-hybridized carbons (Fsp3) is 0.737. The smallest absolute Gasteiger partial charge is 0.225 e. The molecular formula is C19H31N5OS. The average Bonchev–Trinajstić information content (AvgIpc) is 3.40. The van der Waals surface area contributed by atoms with Crippen LogP contribution in [0.4, 0.5) is 0 Å². The number of amides is 1. The van der Waals surface area contributed by atoms with Crippen molar-refractivity contribution in [2.45, 2.75) is 65.0 Å². The fourth-order valence-corrected chi connectivity index (χ4v) is 4.54. The lowest BCUT2D eigenvalue weighted by molar-refractivity contribution is -0.134. The van der Waals surface area contributed by atoms with Gasteiger partial charge in [-0.3, -0.25) is 4.79 Å². The van der Waals surface area contributed by atoms with Gasteiger partial charge in [0, 0.05) is 42.7 Å². The molecule has 144 valence electrons. The van der Waals surface area contributed by atoms with Gasteiger partial charge in [-0.15, -0.1) is 11.3 Å². The highest BCUT2D eigenvalue weighted by molar-refractivity contribution is 7.11. The van der Waals surface area contributed by atoms with E-state index in [1.807, 2.05) is 11.1 Å². The van der Waals surface area contributed by atoms with Crippen molar-refractivity contribution in [3.05, 3.63) is 16.1 Å². The lowest BCUT2D eigenvalue weighted by Crippen LogP contribution is -2.45. The first kappa shape index (κ1) is 19.1. The molecule has 2 heterocycles. The van der Waals surface area contributed by atoms with Crippen molar-refractivity contribution in [1.82, 2.24) is 20.5 Å². The van der Waals surface area contributed by atoms with E-state index in [0.717, 1.165) is 56.3 Å². The summed E-state index contributed by atoms with van der Waals surface area (Å²) < 4.78 is 0. The lowest BCUT2D eigenvalue weighted by atomic mass is 10.1. The van der Waals surface area contributed by atoms with Crippen molar-refractivity contribution < 1.29 is 4.79 Å². The van der Waals surface area contributed by atoms with Crippen LogP contribution >= 0.6 is 11.3 Å². The molecule has 2 aliphatic rings. The van der Waals surface area contributed by atoms with E-state index >= 15 is 0 Å². The second kappa shape index (κ2) is 9.35. The molecule has 2 fully saturated rings. The number of carbonyl (C=O) groups excluding carboxylic acids is 1. The molecule has 1 aliphatic carbocycles. The number of nitrogens with zero attached hydrogens (tertiary/aromatic N) is 3.